The van der Waals surface area contributed by atoms with Crippen molar-refractivity contribution in [2.24, 2.45) is 0 Å². The van der Waals surface area contributed by atoms with E-state index in [0.29, 0.717) is 19.4 Å². The lowest BCUT2D eigenvalue weighted by Gasteiger charge is -2.03. The Kier molecular flexibility index (Phi) is 4.70. The number of carbonyl (C=O) groups excluding carboxylic acids is 1. The van der Waals surface area contributed by atoms with Gasteiger partial charge in [0, 0.05) is 18.4 Å². The monoisotopic (exact) mass is 275 g/mol. The maximum Gasteiger partial charge on any atom is 0.303 e. The van der Waals surface area contributed by atoms with Gasteiger partial charge in [0.15, 0.2) is 0 Å². The van der Waals surface area contributed by atoms with Crippen LogP contribution in [0.2, 0.25) is 0 Å². The zero-order valence-electron chi connectivity index (χ0n) is 11.1. The third-order valence-electron chi connectivity index (χ3n) is 3.02. The number of amides is 1. The van der Waals surface area contributed by atoms with Crippen molar-refractivity contribution < 1.29 is 14.7 Å². The second-order valence-electron chi connectivity index (χ2n) is 4.60. The molecule has 2 rings (SSSR count). The molecule has 0 aliphatic rings. The van der Waals surface area contributed by atoms with E-state index in [9.17, 15) is 9.59 Å². The number of hydrogen-bond donors (Lipinski definition) is 3. The average molecular weight is 275 g/mol. The standard InChI is InChI=1S/C14H17N3O3/c18-13(15-8-4-3-7-14(19)20)9-12-10-5-1-2-6-11(10)16-17-12/h1-2,5-6H,3-4,7-9H2,(H,15,18)(H,16,17)(H,19,20). The number of nitrogens with zero attached hydrogens (tertiary/aromatic N) is 1. The summed E-state index contributed by atoms with van der Waals surface area (Å²) in [6, 6.07) is 7.62. The van der Waals surface area contributed by atoms with Crippen LogP contribution in [-0.2, 0) is 16.0 Å². The third kappa shape index (κ3) is 3.81. The van der Waals surface area contributed by atoms with E-state index in [4.69, 9.17) is 5.11 Å². The molecule has 106 valence electrons. The summed E-state index contributed by atoms with van der Waals surface area (Å²) in [7, 11) is 0. The number of carboxylic acids is 1. The molecule has 1 amide bonds. The molecular formula is C14H17N3O3. The van der Waals surface area contributed by atoms with Crippen molar-refractivity contribution in [3.63, 3.8) is 0 Å². The Labute approximate surface area is 116 Å². The van der Waals surface area contributed by atoms with E-state index in [0.717, 1.165) is 16.6 Å². The fraction of sp³-hybridized carbons (Fsp3) is 0.357. The second kappa shape index (κ2) is 6.70. The first kappa shape index (κ1) is 14.0. The van der Waals surface area contributed by atoms with Crippen LogP contribution in [0, 0.1) is 0 Å². The van der Waals surface area contributed by atoms with E-state index in [1.54, 1.807) is 0 Å². The predicted octanol–water partition coefficient (Wildman–Crippen LogP) is 1.48. The number of unbranched alkanes of at least 4 members (excludes halogenated alkanes) is 1. The Morgan fingerprint density at radius 2 is 2.05 bits per heavy atom. The van der Waals surface area contributed by atoms with Crippen molar-refractivity contribution in [3.05, 3.63) is 30.0 Å². The number of fused-ring (bicyclic) bond motifs is 1. The van der Waals surface area contributed by atoms with Crippen molar-refractivity contribution in [2.45, 2.75) is 25.7 Å². The molecule has 0 aliphatic carbocycles. The minimum Gasteiger partial charge on any atom is -0.481 e. The van der Waals surface area contributed by atoms with Gasteiger partial charge in [-0.15, -0.1) is 0 Å². The largest absolute Gasteiger partial charge is 0.481 e. The quantitative estimate of drug-likeness (QED) is 0.667. The summed E-state index contributed by atoms with van der Waals surface area (Å²) in [4.78, 5) is 22.1. The number of aliphatic carboxylic acids is 1. The summed E-state index contributed by atoms with van der Waals surface area (Å²) in [5, 5.41) is 19.2. The number of H-pyrrole nitrogens is 1. The van der Waals surface area contributed by atoms with E-state index in [1.165, 1.54) is 0 Å². The summed E-state index contributed by atoms with van der Waals surface area (Å²) >= 11 is 0. The van der Waals surface area contributed by atoms with Crippen LogP contribution in [0.1, 0.15) is 25.0 Å². The molecule has 0 aliphatic heterocycles. The number of nitrogens with one attached hydrogen (secondary N) is 2. The van der Waals surface area contributed by atoms with E-state index in [-0.39, 0.29) is 18.7 Å². The molecule has 0 atom stereocenters. The Bertz CT molecular complexity index is 606. The first-order chi connectivity index (χ1) is 9.66. The van der Waals surface area contributed by atoms with Gasteiger partial charge in [0.1, 0.15) is 0 Å². The predicted molar refractivity (Wildman–Crippen MR) is 74.3 cm³/mol. The number of hydrogen-bond acceptors (Lipinski definition) is 3. The van der Waals surface area contributed by atoms with Crippen molar-refractivity contribution in [1.29, 1.82) is 0 Å². The summed E-state index contributed by atoms with van der Waals surface area (Å²) in [5.41, 5.74) is 1.64. The minimum absolute atomic E-state index is 0.0882. The smallest absolute Gasteiger partial charge is 0.303 e. The zero-order valence-corrected chi connectivity index (χ0v) is 11.1. The normalized spacial score (nSPS) is 10.6. The van der Waals surface area contributed by atoms with Crippen LogP contribution in [0.3, 0.4) is 0 Å². The first-order valence-corrected chi connectivity index (χ1v) is 6.57. The average Bonchev–Trinajstić information content (AvgIpc) is 2.81. The molecule has 0 saturated carbocycles. The fourth-order valence-electron chi connectivity index (χ4n) is 2.00. The van der Waals surface area contributed by atoms with E-state index in [1.807, 2.05) is 24.3 Å². The lowest BCUT2D eigenvalue weighted by atomic mass is 10.1. The second-order valence-corrected chi connectivity index (χ2v) is 4.60. The van der Waals surface area contributed by atoms with Crippen molar-refractivity contribution in [2.75, 3.05) is 6.54 Å². The van der Waals surface area contributed by atoms with Crippen molar-refractivity contribution in [3.8, 4) is 0 Å². The number of aromatic nitrogens is 2. The van der Waals surface area contributed by atoms with Crippen molar-refractivity contribution >= 4 is 22.8 Å². The molecule has 0 fully saturated rings. The molecule has 3 N–H and O–H groups in total. The molecule has 6 nitrogen and oxygen atoms in total. The number of rotatable bonds is 7. The highest BCUT2D eigenvalue weighted by Crippen LogP contribution is 2.15. The van der Waals surface area contributed by atoms with E-state index < -0.39 is 5.97 Å². The van der Waals surface area contributed by atoms with Crippen LogP contribution in [0.25, 0.3) is 10.9 Å². The highest BCUT2D eigenvalue weighted by atomic mass is 16.4. The molecule has 0 bridgehead atoms. The molecule has 1 aromatic carbocycles. The number of carbonyl (C=O) groups is 2. The van der Waals surface area contributed by atoms with Gasteiger partial charge >= 0.3 is 5.97 Å². The summed E-state index contributed by atoms with van der Waals surface area (Å²) in [6.07, 6.45) is 1.63. The van der Waals surface area contributed by atoms with Crippen LogP contribution in [0.15, 0.2) is 24.3 Å². The van der Waals surface area contributed by atoms with Crippen LogP contribution < -0.4 is 5.32 Å². The fourth-order valence-corrected chi connectivity index (χ4v) is 2.00. The van der Waals surface area contributed by atoms with Gasteiger partial charge in [-0.1, -0.05) is 18.2 Å². The van der Waals surface area contributed by atoms with Gasteiger partial charge in [0.2, 0.25) is 5.91 Å². The molecule has 1 aromatic heterocycles. The third-order valence-corrected chi connectivity index (χ3v) is 3.02. The molecular weight excluding hydrogens is 258 g/mol. The lowest BCUT2D eigenvalue weighted by Crippen LogP contribution is -2.26. The van der Waals surface area contributed by atoms with Gasteiger partial charge in [-0.3, -0.25) is 14.7 Å². The van der Waals surface area contributed by atoms with Crippen LogP contribution in [-0.4, -0.2) is 33.7 Å². The molecule has 6 heteroatoms. The maximum atomic E-state index is 11.8. The first-order valence-electron chi connectivity index (χ1n) is 6.57. The van der Waals surface area contributed by atoms with Gasteiger partial charge in [-0.25, -0.2) is 0 Å². The molecule has 0 spiro atoms. The lowest BCUT2D eigenvalue weighted by molar-refractivity contribution is -0.137. The Morgan fingerprint density at radius 1 is 1.25 bits per heavy atom. The SMILES string of the molecule is O=C(O)CCCCNC(=O)Cc1[nH]nc2ccccc12. The highest BCUT2D eigenvalue weighted by Gasteiger charge is 2.09. The van der Waals surface area contributed by atoms with Crippen LogP contribution in [0.4, 0.5) is 0 Å². The minimum atomic E-state index is -0.805. The van der Waals surface area contributed by atoms with Crippen LogP contribution in [0.5, 0.6) is 0 Å². The number of aromatic amines is 1. The van der Waals surface area contributed by atoms with E-state index in [2.05, 4.69) is 15.5 Å². The maximum absolute atomic E-state index is 11.8. The molecule has 0 unspecified atom stereocenters. The molecule has 20 heavy (non-hydrogen) atoms. The topological polar surface area (TPSA) is 95.1 Å². The number of carboxylic acid groups (broad SMARTS) is 1. The van der Waals surface area contributed by atoms with Gasteiger partial charge in [0.25, 0.3) is 0 Å². The highest BCUT2D eigenvalue weighted by molar-refractivity contribution is 5.87. The molecule has 1 heterocycles. The summed E-state index contributed by atoms with van der Waals surface area (Å²) in [5.74, 6) is -0.894. The Hall–Kier alpha value is -2.37. The van der Waals surface area contributed by atoms with Crippen molar-refractivity contribution in [1.82, 2.24) is 15.5 Å². The van der Waals surface area contributed by atoms with Gasteiger partial charge in [-0.2, -0.15) is 5.10 Å². The Balaban J connectivity index is 1.78. The molecule has 0 radical (unpaired) electrons. The summed E-state index contributed by atoms with van der Waals surface area (Å²) in [6.45, 7) is 0.498. The zero-order chi connectivity index (χ0) is 14.4. The number of para-hydroxylation sites is 1. The Morgan fingerprint density at radius 3 is 2.85 bits per heavy atom. The van der Waals surface area contributed by atoms with Gasteiger partial charge in [0.05, 0.1) is 17.6 Å². The number of benzene rings is 1. The molecule has 0 saturated heterocycles. The molecule has 2 aromatic rings. The summed E-state index contributed by atoms with van der Waals surface area (Å²) < 4.78 is 0. The van der Waals surface area contributed by atoms with E-state index >= 15 is 0 Å². The van der Waals surface area contributed by atoms with Gasteiger partial charge in [-0.05, 0) is 18.9 Å². The van der Waals surface area contributed by atoms with Gasteiger partial charge < -0.3 is 10.4 Å². The van der Waals surface area contributed by atoms with Crippen LogP contribution >= 0.6 is 0 Å².